The monoisotopic (exact) mass is 209 g/mol. The van der Waals surface area contributed by atoms with Crippen LogP contribution in [0, 0.1) is 0 Å². The van der Waals surface area contributed by atoms with Crippen molar-refractivity contribution in [3.8, 4) is 11.5 Å². The first-order chi connectivity index (χ1) is 7.24. The van der Waals surface area contributed by atoms with Gasteiger partial charge in [-0.1, -0.05) is 0 Å². The fraction of sp³-hybridized carbons (Fsp3) is 0.455. The summed E-state index contributed by atoms with van der Waals surface area (Å²) in [6.07, 6.45) is 0.766. The molecule has 1 aromatic carbocycles. The molecule has 0 amide bonds. The molecule has 0 bridgehead atoms. The lowest BCUT2D eigenvalue weighted by Crippen LogP contribution is -2.38. The number of phenols is 1. The lowest BCUT2D eigenvalue weighted by atomic mass is 9.95. The van der Waals surface area contributed by atoms with Crippen LogP contribution in [0.2, 0.25) is 0 Å². The molecule has 1 aliphatic rings. The van der Waals surface area contributed by atoms with Gasteiger partial charge < -0.3 is 20.3 Å². The van der Waals surface area contributed by atoms with Gasteiger partial charge in [-0.05, 0) is 29.7 Å². The Morgan fingerprint density at radius 1 is 1.47 bits per heavy atom. The van der Waals surface area contributed by atoms with Crippen LogP contribution in [-0.2, 0) is 13.0 Å². The smallest absolute Gasteiger partial charge is 0.160 e. The molecule has 0 spiro atoms. The molecule has 2 rings (SSSR count). The van der Waals surface area contributed by atoms with Crippen LogP contribution in [0.25, 0.3) is 0 Å². The summed E-state index contributed by atoms with van der Waals surface area (Å²) in [5, 5.41) is 21.8. The predicted octanol–water partition coefficient (Wildman–Crippen LogP) is 0.407. The second kappa shape index (κ2) is 4.08. The van der Waals surface area contributed by atoms with E-state index in [1.807, 2.05) is 6.07 Å². The summed E-state index contributed by atoms with van der Waals surface area (Å²) in [4.78, 5) is 0. The molecule has 4 heteroatoms. The highest BCUT2D eigenvalue weighted by Crippen LogP contribution is 2.31. The highest BCUT2D eigenvalue weighted by atomic mass is 16.5. The third-order valence-corrected chi connectivity index (χ3v) is 2.77. The number of nitrogens with one attached hydrogen (secondary N) is 1. The highest BCUT2D eigenvalue weighted by molar-refractivity contribution is 5.47. The van der Waals surface area contributed by atoms with E-state index in [-0.39, 0.29) is 18.4 Å². The Hall–Kier alpha value is -1.26. The Bertz CT molecular complexity index is 365. The number of hydrogen-bond donors (Lipinski definition) is 3. The van der Waals surface area contributed by atoms with Crippen molar-refractivity contribution in [2.45, 2.75) is 19.0 Å². The van der Waals surface area contributed by atoms with Crippen LogP contribution in [0.4, 0.5) is 0 Å². The van der Waals surface area contributed by atoms with Crippen LogP contribution in [0.3, 0.4) is 0 Å². The zero-order chi connectivity index (χ0) is 10.8. The quantitative estimate of drug-likeness (QED) is 0.660. The summed E-state index contributed by atoms with van der Waals surface area (Å²) in [7, 11) is 1.53. The number of aliphatic hydroxyl groups is 1. The molecule has 1 atom stereocenters. The molecule has 0 fully saturated rings. The molecule has 0 aromatic heterocycles. The molecule has 1 unspecified atom stereocenters. The maximum absolute atomic E-state index is 9.59. The van der Waals surface area contributed by atoms with Gasteiger partial charge in [0.1, 0.15) is 0 Å². The molecule has 1 heterocycles. The van der Waals surface area contributed by atoms with Crippen molar-refractivity contribution in [3.63, 3.8) is 0 Å². The second-order valence-corrected chi connectivity index (χ2v) is 3.76. The number of phenolic OH excluding ortho intramolecular Hbond substituents is 1. The van der Waals surface area contributed by atoms with Gasteiger partial charge in [-0.3, -0.25) is 0 Å². The first kappa shape index (κ1) is 10.3. The van der Waals surface area contributed by atoms with Crippen molar-refractivity contribution in [1.82, 2.24) is 5.32 Å². The number of hydrogen-bond acceptors (Lipinski definition) is 4. The molecule has 3 N–H and O–H groups in total. The Balaban J connectivity index is 2.33. The van der Waals surface area contributed by atoms with Crippen molar-refractivity contribution < 1.29 is 14.9 Å². The summed E-state index contributed by atoms with van der Waals surface area (Å²) in [5.41, 5.74) is 2.19. The summed E-state index contributed by atoms with van der Waals surface area (Å²) >= 11 is 0. The van der Waals surface area contributed by atoms with Crippen molar-refractivity contribution in [1.29, 1.82) is 0 Å². The average Bonchev–Trinajstić information content (AvgIpc) is 2.27. The SMILES string of the molecule is COc1cc2c(cc1O)CNC(CO)C2. The number of methoxy groups -OCH3 is 1. The number of aliphatic hydroxyl groups excluding tert-OH is 1. The minimum absolute atomic E-state index is 0.103. The Kier molecular flexibility index (Phi) is 2.79. The first-order valence-corrected chi connectivity index (χ1v) is 4.97. The van der Waals surface area contributed by atoms with E-state index in [4.69, 9.17) is 9.84 Å². The standard InChI is InChI=1S/C11H15NO3/c1-15-11-4-7-2-9(6-13)12-5-8(7)3-10(11)14/h3-4,9,12-14H,2,5-6H2,1H3. The Morgan fingerprint density at radius 3 is 2.93 bits per heavy atom. The Morgan fingerprint density at radius 2 is 2.27 bits per heavy atom. The Labute approximate surface area is 88.5 Å². The van der Waals surface area contributed by atoms with Crippen molar-refractivity contribution in [2.75, 3.05) is 13.7 Å². The van der Waals surface area contributed by atoms with E-state index < -0.39 is 0 Å². The summed E-state index contributed by atoms with van der Waals surface area (Å²) in [6, 6.07) is 3.66. The molecule has 1 aromatic rings. The zero-order valence-corrected chi connectivity index (χ0v) is 8.66. The van der Waals surface area contributed by atoms with Crippen molar-refractivity contribution in [2.24, 2.45) is 0 Å². The van der Waals surface area contributed by atoms with Crippen LogP contribution in [0.15, 0.2) is 12.1 Å². The summed E-state index contributed by atoms with van der Waals surface area (Å²) in [6.45, 7) is 0.806. The summed E-state index contributed by atoms with van der Waals surface area (Å²) in [5.74, 6) is 0.660. The lowest BCUT2D eigenvalue weighted by Gasteiger charge is -2.25. The van der Waals surface area contributed by atoms with E-state index in [1.54, 1.807) is 6.07 Å². The van der Waals surface area contributed by atoms with Gasteiger partial charge in [0.2, 0.25) is 0 Å². The average molecular weight is 209 g/mol. The predicted molar refractivity (Wildman–Crippen MR) is 56.1 cm³/mol. The lowest BCUT2D eigenvalue weighted by molar-refractivity contribution is 0.235. The van der Waals surface area contributed by atoms with Crippen LogP contribution in [0.5, 0.6) is 11.5 Å². The van der Waals surface area contributed by atoms with E-state index in [0.717, 1.165) is 17.5 Å². The van der Waals surface area contributed by atoms with Gasteiger partial charge in [-0.2, -0.15) is 0 Å². The molecular formula is C11H15NO3. The van der Waals surface area contributed by atoms with E-state index in [9.17, 15) is 5.11 Å². The number of benzene rings is 1. The largest absolute Gasteiger partial charge is 0.504 e. The molecule has 15 heavy (non-hydrogen) atoms. The van der Waals surface area contributed by atoms with Crippen LogP contribution in [0.1, 0.15) is 11.1 Å². The van der Waals surface area contributed by atoms with Crippen LogP contribution in [-0.4, -0.2) is 30.0 Å². The van der Waals surface area contributed by atoms with E-state index in [2.05, 4.69) is 5.32 Å². The van der Waals surface area contributed by atoms with Crippen LogP contribution >= 0.6 is 0 Å². The maximum atomic E-state index is 9.59. The number of ether oxygens (including phenoxy) is 1. The van der Waals surface area contributed by atoms with Crippen molar-refractivity contribution in [3.05, 3.63) is 23.3 Å². The van der Waals surface area contributed by atoms with Crippen LogP contribution < -0.4 is 10.1 Å². The molecule has 1 aliphatic heterocycles. The van der Waals surface area contributed by atoms with Gasteiger partial charge in [0.15, 0.2) is 11.5 Å². The van der Waals surface area contributed by atoms with Gasteiger partial charge in [0.25, 0.3) is 0 Å². The fourth-order valence-corrected chi connectivity index (χ4v) is 1.89. The minimum Gasteiger partial charge on any atom is -0.504 e. The van der Waals surface area contributed by atoms with Gasteiger partial charge >= 0.3 is 0 Å². The molecule has 82 valence electrons. The number of aromatic hydroxyl groups is 1. The molecule has 0 saturated heterocycles. The number of fused-ring (bicyclic) bond motifs is 1. The normalized spacial score (nSPS) is 19.7. The van der Waals surface area contributed by atoms with E-state index in [0.29, 0.717) is 12.3 Å². The second-order valence-electron chi connectivity index (χ2n) is 3.76. The van der Waals surface area contributed by atoms with Gasteiger partial charge in [0, 0.05) is 12.6 Å². The van der Waals surface area contributed by atoms with Gasteiger partial charge in [-0.15, -0.1) is 0 Å². The van der Waals surface area contributed by atoms with Crippen molar-refractivity contribution >= 4 is 0 Å². The molecular weight excluding hydrogens is 194 g/mol. The first-order valence-electron chi connectivity index (χ1n) is 4.97. The number of rotatable bonds is 2. The summed E-state index contributed by atoms with van der Waals surface area (Å²) < 4.78 is 5.05. The molecule has 0 saturated carbocycles. The third kappa shape index (κ3) is 1.91. The minimum atomic E-state index is 0.103. The molecule has 4 nitrogen and oxygen atoms in total. The topological polar surface area (TPSA) is 61.7 Å². The maximum Gasteiger partial charge on any atom is 0.160 e. The highest BCUT2D eigenvalue weighted by Gasteiger charge is 2.19. The molecule has 0 radical (unpaired) electrons. The van der Waals surface area contributed by atoms with Gasteiger partial charge in [0.05, 0.1) is 13.7 Å². The fourth-order valence-electron chi connectivity index (χ4n) is 1.89. The zero-order valence-electron chi connectivity index (χ0n) is 8.66. The molecule has 0 aliphatic carbocycles. The third-order valence-electron chi connectivity index (χ3n) is 2.77. The van der Waals surface area contributed by atoms with Gasteiger partial charge in [-0.25, -0.2) is 0 Å². The van der Waals surface area contributed by atoms with E-state index >= 15 is 0 Å². The van der Waals surface area contributed by atoms with E-state index in [1.165, 1.54) is 7.11 Å².